The van der Waals surface area contributed by atoms with Crippen molar-refractivity contribution >= 4 is 12.1 Å². The average molecular weight is 466 g/mol. The van der Waals surface area contributed by atoms with Crippen LogP contribution in [0, 0.1) is 0 Å². The Kier molecular flexibility index (Phi) is 23.0. The largest absolute Gasteiger partial charge is 0.481 e. The van der Waals surface area contributed by atoms with E-state index in [0.717, 1.165) is 44.9 Å². The van der Waals surface area contributed by atoms with E-state index >= 15 is 0 Å². The lowest BCUT2D eigenvalue weighted by Crippen LogP contribution is -2.32. The zero-order valence-electron chi connectivity index (χ0n) is 19.4. The van der Waals surface area contributed by atoms with Crippen molar-refractivity contribution in [2.45, 2.75) is 109 Å². The number of hydroxylamine groups is 2. The number of aliphatic carboxylic acids is 1. The number of carbonyl (C=O) groups excluding carboxylic acids is 1. The molecule has 0 aromatic rings. The lowest BCUT2D eigenvalue weighted by molar-refractivity contribution is -0.388. The number of amides is 1. The van der Waals surface area contributed by atoms with Crippen LogP contribution < -0.4 is 16.3 Å². The van der Waals surface area contributed by atoms with E-state index in [-0.39, 0.29) is 13.2 Å². The van der Waals surface area contributed by atoms with Crippen LogP contribution in [0.25, 0.3) is 0 Å². The highest BCUT2D eigenvalue weighted by Crippen LogP contribution is 2.13. The Morgan fingerprint density at radius 1 is 0.844 bits per heavy atom. The zero-order valence-corrected chi connectivity index (χ0v) is 19.4. The van der Waals surface area contributed by atoms with Gasteiger partial charge in [0.1, 0.15) is 6.23 Å². The van der Waals surface area contributed by atoms with Gasteiger partial charge < -0.3 is 15.5 Å². The molecule has 1 unspecified atom stereocenters. The summed E-state index contributed by atoms with van der Waals surface area (Å²) >= 11 is 0. The Morgan fingerprint density at radius 3 is 1.97 bits per heavy atom. The molecule has 0 saturated heterocycles. The van der Waals surface area contributed by atoms with Crippen LogP contribution in [-0.4, -0.2) is 41.8 Å². The summed E-state index contributed by atoms with van der Waals surface area (Å²) in [7, 11) is 0. The minimum atomic E-state index is -0.831. The van der Waals surface area contributed by atoms with E-state index < -0.39 is 18.3 Å². The molecule has 0 aliphatic heterocycles. The molecule has 5 N–H and O–H groups in total. The minimum Gasteiger partial charge on any atom is -0.481 e. The van der Waals surface area contributed by atoms with E-state index in [0.29, 0.717) is 13.0 Å². The first-order valence-corrected chi connectivity index (χ1v) is 11.8. The van der Waals surface area contributed by atoms with Crippen molar-refractivity contribution in [3.63, 3.8) is 0 Å². The Bertz CT molecular complexity index is 443. The summed E-state index contributed by atoms with van der Waals surface area (Å²) in [6.07, 6.45) is 13.5. The molecule has 0 saturated carbocycles. The molecule has 190 valence electrons. The maximum absolute atomic E-state index is 11.0. The summed E-state index contributed by atoms with van der Waals surface area (Å²) in [6, 6.07) is 0. The quantitative estimate of drug-likeness (QED) is 0.0616. The van der Waals surface area contributed by atoms with Gasteiger partial charge in [0.25, 0.3) is 0 Å². The molecule has 0 fully saturated rings. The normalized spacial score (nSPS) is 11.9. The van der Waals surface area contributed by atoms with Crippen molar-refractivity contribution < 1.29 is 39.6 Å². The fourth-order valence-electron chi connectivity index (χ4n) is 2.93. The number of carboxylic acids is 1. The van der Waals surface area contributed by atoms with E-state index in [1.807, 2.05) is 6.92 Å². The average Bonchev–Trinajstić information content (AvgIpc) is 2.77. The molecule has 0 rings (SSSR count). The number of aliphatic hydroxyl groups is 1. The fraction of sp³-hybridized carbons (Fsp3) is 0.905. The van der Waals surface area contributed by atoms with Crippen molar-refractivity contribution in [2.75, 3.05) is 13.3 Å². The van der Waals surface area contributed by atoms with Crippen LogP contribution in [0.15, 0.2) is 0 Å². The summed E-state index contributed by atoms with van der Waals surface area (Å²) in [6.45, 7) is 2.18. The highest BCUT2D eigenvalue weighted by atomic mass is 17.3. The zero-order chi connectivity index (χ0) is 23.7. The molecule has 1 amide bonds. The van der Waals surface area contributed by atoms with Crippen molar-refractivity contribution in [3.05, 3.63) is 0 Å². The standard InChI is InChI=1S/C21H43N3O8/c1-2-17-22-21(28)30-31-23-18-29-32-24-19(25)15-13-11-9-7-5-3-4-6-8-10-12-14-16-20(26)27/h19,23-25H,2-18H2,1H3,(H,22,28)(H,26,27). The van der Waals surface area contributed by atoms with Crippen molar-refractivity contribution in [2.24, 2.45) is 0 Å². The number of hydrogen-bond acceptors (Lipinski definition) is 9. The van der Waals surface area contributed by atoms with E-state index in [1.54, 1.807) is 0 Å². The molecule has 11 heteroatoms. The van der Waals surface area contributed by atoms with E-state index in [2.05, 4.69) is 36.0 Å². The second-order valence-electron chi connectivity index (χ2n) is 7.68. The van der Waals surface area contributed by atoms with Gasteiger partial charge in [-0.2, -0.15) is 0 Å². The van der Waals surface area contributed by atoms with Crippen LogP contribution >= 0.6 is 0 Å². The van der Waals surface area contributed by atoms with Crippen LogP contribution in [0.4, 0.5) is 4.79 Å². The van der Waals surface area contributed by atoms with Crippen LogP contribution in [0.5, 0.6) is 0 Å². The first-order valence-electron chi connectivity index (χ1n) is 11.8. The maximum Gasteiger partial charge on any atom is 0.440 e. The number of rotatable bonds is 24. The third-order valence-electron chi connectivity index (χ3n) is 4.67. The van der Waals surface area contributed by atoms with Crippen LogP contribution in [0.3, 0.4) is 0 Å². The molecule has 0 aliphatic rings. The molecule has 11 nitrogen and oxygen atoms in total. The van der Waals surface area contributed by atoms with Crippen LogP contribution in [0.2, 0.25) is 0 Å². The predicted molar refractivity (Wildman–Crippen MR) is 117 cm³/mol. The van der Waals surface area contributed by atoms with Crippen molar-refractivity contribution in [1.82, 2.24) is 16.3 Å². The second kappa shape index (κ2) is 24.1. The van der Waals surface area contributed by atoms with Gasteiger partial charge in [0.2, 0.25) is 0 Å². The van der Waals surface area contributed by atoms with Gasteiger partial charge in [-0.05, 0) is 25.7 Å². The molecule has 0 spiro atoms. The minimum absolute atomic E-state index is 0.217. The third-order valence-corrected chi connectivity index (χ3v) is 4.67. The molecule has 0 aliphatic carbocycles. The van der Waals surface area contributed by atoms with E-state index in [4.69, 9.17) is 5.11 Å². The Balaban J connectivity index is 3.21. The molecule has 0 aromatic carbocycles. The van der Waals surface area contributed by atoms with Crippen LogP contribution in [-0.2, 0) is 24.5 Å². The summed E-state index contributed by atoms with van der Waals surface area (Å²) in [5.41, 5.74) is 4.54. The number of carbonyl (C=O) groups is 2. The van der Waals surface area contributed by atoms with E-state index in [1.165, 1.54) is 38.5 Å². The summed E-state index contributed by atoms with van der Waals surface area (Å²) in [5.74, 6) is -0.699. The number of carboxylic acid groups (broad SMARTS) is 1. The Hall–Kier alpha value is -1.50. The smallest absolute Gasteiger partial charge is 0.440 e. The van der Waals surface area contributed by atoms with Gasteiger partial charge >= 0.3 is 12.1 Å². The highest BCUT2D eigenvalue weighted by molar-refractivity contribution is 5.66. The topological polar surface area (TPSA) is 148 Å². The molecule has 0 heterocycles. The van der Waals surface area contributed by atoms with Crippen molar-refractivity contribution in [3.8, 4) is 0 Å². The summed E-state index contributed by atoms with van der Waals surface area (Å²) in [5, 5.41) is 20.8. The first kappa shape index (κ1) is 30.5. The van der Waals surface area contributed by atoms with Gasteiger partial charge in [-0.15, -0.1) is 15.9 Å². The Morgan fingerprint density at radius 2 is 1.41 bits per heavy atom. The van der Waals surface area contributed by atoms with Gasteiger partial charge in [0.15, 0.2) is 6.73 Å². The number of hydrogen-bond donors (Lipinski definition) is 5. The summed E-state index contributed by atoms with van der Waals surface area (Å²) < 4.78 is 0. The van der Waals surface area contributed by atoms with Gasteiger partial charge in [-0.3, -0.25) is 9.68 Å². The molecular weight excluding hydrogens is 422 g/mol. The molecule has 32 heavy (non-hydrogen) atoms. The molecule has 0 radical (unpaired) electrons. The third kappa shape index (κ3) is 24.8. The van der Waals surface area contributed by atoms with Gasteiger partial charge in [-0.1, -0.05) is 76.1 Å². The highest BCUT2D eigenvalue weighted by Gasteiger charge is 2.04. The monoisotopic (exact) mass is 465 g/mol. The molecule has 0 bridgehead atoms. The van der Waals surface area contributed by atoms with Gasteiger partial charge in [0, 0.05) is 13.0 Å². The van der Waals surface area contributed by atoms with E-state index in [9.17, 15) is 14.7 Å². The lowest BCUT2D eigenvalue weighted by Gasteiger charge is -2.11. The number of unbranched alkanes of at least 4 members (excludes halogenated alkanes) is 11. The van der Waals surface area contributed by atoms with Crippen LogP contribution in [0.1, 0.15) is 103 Å². The fourth-order valence-corrected chi connectivity index (χ4v) is 2.93. The number of aliphatic hydroxyl groups excluding tert-OH is 1. The SMILES string of the molecule is CCCNC(=O)OONCOONC(O)CCCCCCCCCCCCCCC(=O)O. The number of nitrogens with one attached hydrogen (secondary N) is 3. The second-order valence-corrected chi connectivity index (χ2v) is 7.68. The maximum atomic E-state index is 11.0. The summed E-state index contributed by atoms with van der Waals surface area (Å²) in [4.78, 5) is 39.4. The Labute approximate surface area is 191 Å². The lowest BCUT2D eigenvalue weighted by atomic mass is 10.0. The van der Waals surface area contributed by atoms with Gasteiger partial charge in [-0.25, -0.2) is 9.68 Å². The molecular formula is C21H43N3O8. The molecule has 1 atom stereocenters. The first-order chi connectivity index (χ1) is 15.6. The molecule has 0 aromatic heterocycles. The van der Waals surface area contributed by atoms with Crippen molar-refractivity contribution in [1.29, 1.82) is 0 Å². The predicted octanol–water partition coefficient (Wildman–Crippen LogP) is 3.83. The van der Waals surface area contributed by atoms with Gasteiger partial charge in [0.05, 0.1) is 0 Å².